The van der Waals surface area contributed by atoms with Crippen LogP contribution in [0.2, 0.25) is 10.0 Å². The van der Waals surface area contributed by atoms with Crippen LogP contribution in [-0.2, 0) is 0 Å². The van der Waals surface area contributed by atoms with Crippen LogP contribution in [0.15, 0.2) is 59.0 Å². The highest BCUT2D eigenvalue weighted by Gasteiger charge is 2.18. The molecule has 1 heterocycles. The van der Waals surface area contributed by atoms with Gasteiger partial charge in [-0.3, -0.25) is 4.79 Å². The lowest BCUT2D eigenvalue weighted by atomic mass is 10.1. The topological polar surface area (TPSA) is 42.2 Å². The van der Waals surface area contributed by atoms with Gasteiger partial charge in [0, 0.05) is 15.6 Å². The van der Waals surface area contributed by atoms with Gasteiger partial charge in [0.05, 0.1) is 11.6 Å². The van der Waals surface area contributed by atoms with Crippen LogP contribution in [0.5, 0.6) is 0 Å². The lowest BCUT2D eigenvalue weighted by molar-refractivity contribution is 0.0938. The van der Waals surface area contributed by atoms with Crippen molar-refractivity contribution in [3.8, 4) is 11.3 Å². The highest BCUT2D eigenvalue weighted by Crippen LogP contribution is 2.30. The van der Waals surface area contributed by atoms with Crippen molar-refractivity contribution in [1.82, 2.24) is 5.32 Å². The second-order valence-electron chi connectivity index (χ2n) is 5.84. The van der Waals surface area contributed by atoms with Crippen molar-refractivity contribution in [3.63, 3.8) is 0 Å². The average molecular weight is 374 g/mol. The molecule has 25 heavy (non-hydrogen) atoms. The van der Waals surface area contributed by atoms with Gasteiger partial charge >= 0.3 is 0 Å². The lowest BCUT2D eigenvalue weighted by Crippen LogP contribution is -2.26. The quantitative estimate of drug-likeness (QED) is 0.604. The monoisotopic (exact) mass is 373 g/mol. The van der Waals surface area contributed by atoms with E-state index in [1.807, 2.05) is 37.3 Å². The number of carbonyl (C=O) groups is 1. The van der Waals surface area contributed by atoms with Crippen LogP contribution in [0.1, 0.15) is 34.6 Å². The fourth-order valence-corrected chi connectivity index (χ4v) is 3.17. The molecule has 1 amide bonds. The van der Waals surface area contributed by atoms with Crippen LogP contribution < -0.4 is 5.32 Å². The van der Waals surface area contributed by atoms with E-state index in [-0.39, 0.29) is 11.9 Å². The first kappa shape index (κ1) is 17.6. The minimum atomic E-state index is -0.183. The van der Waals surface area contributed by atoms with Crippen LogP contribution in [0.4, 0.5) is 0 Å². The number of hydrogen-bond acceptors (Lipinski definition) is 2. The highest BCUT2D eigenvalue weighted by molar-refractivity contribution is 6.35. The number of hydrogen-bond donors (Lipinski definition) is 1. The predicted octanol–water partition coefficient (Wildman–Crippen LogP) is 6.05. The van der Waals surface area contributed by atoms with E-state index in [1.165, 1.54) is 0 Å². The third-order valence-corrected chi connectivity index (χ3v) is 4.39. The molecule has 0 aliphatic carbocycles. The van der Waals surface area contributed by atoms with Crippen LogP contribution >= 0.6 is 23.2 Å². The number of aryl methyl sites for hydroxylation is 1. The van der Waals surface area contributed by atoms with Gasteiger partial charge in [-0.05, 0) is 43.7 Å². The van der Waals surface area contributed by atoms with Crippen molar-refractivity contribution in [2.24, 2.45) is 0 Å². The number of carbonyl (C=O) groups excluding carboxylic acids is 1. The second kappa shape index (κ2) is 7.34. The van der Waals surface area contributed by atoms with E-state index in [9.17, 15) is 4.79 Å². The van der Waals surface area contributed by atoms with Gasteiger partial charge in [-0.15, -0.1) is 0 Å². The molecule has 5 heteroatoms. The number of benzene rings is 2. The maximum atomic E-state index is 12.6. The van der Waals surface area contributed by atoms with Gasteiger partial charge in [0.1, 0.15) is 11.5 Å². The summed E-state index contributed by atoms with van der Waals surface area (Å²) in [5, 5.41) is 4.02. The number of furan rings is 1. The van der Waals surface area contributed by atoms with E-state index in [2.05, 4.69) is 5.32 Å². The Kier molecular flexibility index (Phi) is 5.16. The maximum Gasteiger partial charge on any atom is 0.255 e. The molecule has 0 bridgehead atoms. The standard InChI is InChI=1S/C20H17Cl2NO2/c1-12(14-6-4-3-5-7-14)23-20(24)18-11-19(25-13(18)2)15-8-16(21)10-17(22)9-15/h3-12H,1-2H3,(H,23,24). The van der Waals surface area contributed by atoms with E-state index in [4.69, 9.17) is 27.6 Å². The average Bonchev–Trinajstić information content (AvgIpc) is 2.97. The van der Waals surface area contributed by atoms with Crippen molar-refractivity contribution in [3.05, 3.63) is 81.5 Å². The van der Waals surface area contributed by atoms with Crippen LogP contribution in [-0.4, -0.2) is 5.91 Å². The third-order valence-electron chi connectivity index (χ3n) is 3.96. The van der Waals surface area contributed by atoms with Gasteiger partial charge < -0.3 is 9.73 Å². The highest BCUT2D eigenvalue weighted by atomic mass is 35.5. The molecular weight excluding hydrogens is 357 g/mol. The molecule has 3 rings (SSSR count). The SMILES string of the molecule is Cc1oc(-c2cc(Cl)cc(Cl)c2)cc1C(=O)NC(C)c1ccccc1. The van der Waals surface area contributed by atoms with Crippen molar-refractivity contribution in [2.45, 2.75) is 19.9 Å². The van der Waals surface area contributed by atoms with Gasteiger partial charge in [-0.1, -0.05) is 53.5 Å². The van der Waals surface area contributed by atoms with Crippen LogP contribution in [0, 0.1) is 6.92 Å². The molecule has 1 atom stereocenters. The number of amides is 1. The molecule has 0 saturated carbocycles. The first-order valence-corrected chi connectivity index (χ1v) is 8.62. The zero-order valence-electron chi connectivity index (χ0n) is 13.8. The molecule has 2 aromatic carbocycles. The Balaban J connectivity index is 1.83. The molecule has 0 aliphatic heterocycles. The number of halogens is 2. The molecule has 3 aromatic rings. The Morgan fingerprint density at radius 2 is 1.68 bits per heavy atom. The Bertz CT molecular complexity index is 883. The van der Waals surface area contributed by atoms with Crippen LogP contribution in [0.3, 0.4) is 0 Å². The second-order valence-corrected chi connectivity index (χ2v) is 6.72. The van der Waals surface area contributed by atoms with Gasteiger partial charge in [0.15, 0.2) is 0 Å². The normalized spacial score (nSPS) is 12.0. The summed E-state index contributed by atoms with van der Waals surface area (Å²) in [6, 6.07) is 16.6. The van der Waals surface area contributed by atoms with E-state index < -0.39 is 0 Å². The van der Waals surface area contributed by atoms with Crippen LogP contribution in [0.25, 0.3) is 11.3 Å². The molecule has 0 fully saturated rings. The summed E-state index contributed by atoms with van der Waals surface area (Å²) in [7, 11) is 0. The summed E-state index contributed by atoms with van der Waals surface area (Å²) in [6.45, 7) is 3.71. The molecular formula is C20H17Cl2NO2. The molecule has 0 spiro atoms. The fraction of sp³-hybridized carbons (Fsp3) is 0.150. The largest absolute Gasteiger partial charge is 0.461 e. The van der Waals surface area contributed by atoms with Gasteiger partial charge in [-0.25, -0.2) is 0 Å². The van der Waals surface area contributed by atoms with Gasteiger partial charge in [0.25, 0.3) is 5.91 Å². The molecule has 1 unspecified atom stereocenters. The molecule has 0 radical (unpaired) electrons. The van der Waals surface area contributed by atoms with E-state index in [1.54, 1.807) is 31.2 Å². The Morgan fingerprint density at radius 1 is 1.04 bits per heavy atom. The summed E-state index contributed by atoms with van der Waals surface area (Å²) >= 11 is 12.1. The Hall–Kier alpha value is -2.23. The Labute approximate surface area is 156 Å². The molecule has 1 N–H and O–H groups in total. The van der Waals surface area contributed by atoms with Crippen molar-refractivity contribution in [1.29, 1.82) is 0 Å². The third kappa shape index (κ3) is 4.06. The number of nitrogens with one attached hydrogen (secondary N) is 1. The summed E-state index contributed by atoms with van der Waals surface area (Å²) in [6.07, 6.45) is 0. The van der Waals surface area contributed by atoms with E-state index in [0.29, 0.717) is 27.1 Å². The molecule has 0 saturated heterocycles. The summed E-state index contributed by atoms with van der Waals surface area (Å²) in [5.41, 5.74) is 2.27. The molecule has 1 aromatic heterocycles. The molecule has 0 aliphatic rings. The minimum absolute atomic E-state index is 0.105. The van der Waals surface area contributed by atoms with E-state index >= 15 is 0 Å². The van der Waals surface area contributed by atoms with Crippen molar-refractivity contribution >= 4 is 29.1 Å². The zero-order chi connectivity index (χ0) is 18.0. The summed E-state index contributed by atoms with van der Waals surface area (Å²) in [4.78, 5) is 12.6. The van der Waals surface area contributed by atoms with Crippen molar-refractivity contribution < 1.29 is 9.21 Å². The fourth-order valence-electron chi connectivity index (χ4n) is 2.65. The maximum absolute atomic E-state index is 12.6. The summed E-state index contributed by atoms with van der Waals surface area (Å²) in [5.74, 6) is 0.917. The van der Waals surface area contributed by atoms with Gasteiger partial charge in [-0.2, -0.15) is 0 Å². The lowest BCUT2D eigenvalue weighted by Gasteiger charge is -2.13. The smallest absolute Gasteiger partial charge is 0.255 e. The minimum Gasteiger partial charge on any atom is -0.461 e. The first-order valence-electron chi connectivity index (χ1n) is 7.87. The predicted molar refractivity (Wildman–Crippen MR) is 101 cm³/mol. The zero-order valence-corrected chi connectivity index (χ0v) is 15.4. The first-order chi connectivity index (χ1) is 11.9. The van der Waals surface area contributed by atoms with E-state index in [0.717, 1.165) is 11.1 Å². The number of rotatable bonds is 4. The molecule has 128 valence electrons. The van der Waals surface area contributed by atoms with Gasteiger partial charge in [0.2, 0.25) is 0 Å². The summed E-state index contributed by atoms with van der Waals surface area (Å²) < 4.78 is 5.74. The Morgan fingerprint density at radius 3 is 2.32 bits per heavy atom. The van der Waals surface area contributed by atoms with Crippen molar-refractivity contribution in [2.75, 3.05) is 0 Å². The molecule has 3 nitrogen and oxygen atoms in total.